The van der Waals surface area contributed by atoms with Gasteiger partial charge in [-0.3, -0.25) is 9.89 Å². The number of carbonyl (C=O) groups is 1. The summed E-state index contributed by atoms with van der Waals surface area (Å²) in [7, 11) is 0. The minimum atomic E-state index is -0.248. The number of morpholine rings is 1. The number of aromatic amines is 1. The Labute approximate surface area is 149 Å². The van der Waals surface area contributed by atoms with Crippen molar-refractivity contribution in [3.05, 3.63) is 43.1 Å². The monoisotopic (exact) mass is 350 g/mol. The summed E-state index contributed by atoms with van der Waals surface area (Å²) in [5, 5.41) is 10.6. The van der Waals surface area contributed by atoms with Gasteiger partial charge in [0.2, 0.25) is 5.91 Å². The van der Waals surface area contributed by atoms with Crippen LogP contribution in [0.4, 0.5) is 11.5 Å². The first-order chi connectivity index (χ1) is 12.7. The molecule has 1 aliphatic heterocycles. The van der Waals surface area contributed by atoms with Gasteiger partial charge in [0.05, 0.1) is 24.8 Å². The van der Waals surface area contributed by atoms with E-state index in [0.29, 0.717) is 30.4 Å². The van der Waals surface area contributed by atoms with E-state index in [9.17, 15) is 4.79 Å². The van der Waals surface area contributed by atoms with Crippen LogP contribution in [0.25, 0.3) is 22.4 Å². The van der Waals surface area contributed by atoms with Crippen LogP contribution < -0.4 is 10.2 Å². The van der Waals surface area contributed by atoms with E-state index in [2.05, 4.69) is 32.0 Å². The highest BCUT2D eigenvalue weighted by molar-refractivity contribution is 5.99. The number of ether oxygens (including phenoxy) is 1. The number of benzene rings is 1. The smallest absolute Gasteiger partial charge is 0.247 e. The molecular formula is C18H18N6O2. The Morgan fingerprint density at radius 2 is 2.00 bits per heavy atom. The van der Waals surface area contributed by atoms with Gasteiger partial charge in [-0.25, -0.2) is 9.97 Å². The molecule has 26 heavy (non-hydrogen) atoms. The number of hydrogen-bond donors (Lipinski definition) is 2. The van der Waals surface area contributed by atoms with Crippen molar-refractivity contribution < 1.29 is 9.53 Å². The number of carbonyl (C=O) groups excluding carboxylic acids is 1. The van der Waals surface area contributed by atoms with Crippen LogP contribution in [0.2, 0.25) is 0 Å². The maximum absolute atomic E-state index is 11.4. The number of hydrogen-bond acceptors (Lipinski definition) is 6. The fourth-order valence-corrected chi connectivity index (χ4v) is 2.86. The summed E-state index contributed by atoms with van der Waals surface area (Å²) in [5.41, 5.74) is 2.24. The molecule has 0 unspecified atom stereocenters. The molecule has 0 aliphatic carbocycles. The number of rotatable bonds is 4. The van der Waals surface area contributed by atoms with E-state index in [-0.39, 0.29) is 5.91 Å². The van der Waals surface area contributed by atoms with Crippen molar-refractivity contribution in [1.29, 1.82) is 0 Å². The zero-order valence-corrected chi connectivity index (χ0v) is 14.1. The van der Waals surface area contributed by atoms with Gasteiger partial charge in [0.15, 0.2) is 11.5 Å². The minimum absolute atomic E-state index is 0.248. The van der Waals surface area contributed by atoms with E-state index >= 15 is 0 Å². The lowest BCUT2D eigenvalue weighted by Gasteiger charge is -2.28. The fraction of sp³-hybridized carbons (Fsp3) is 0.222. The second-order valence-electron chi connectivity index (χ2n) is 5.87. The molecule has 2 aromatic heterocycles. The SMILES string of the molecule is C=CC(=O)Nc1ccc(-c2nc(N3CCOCC3)c3cn[nH]c3n2)cc1. The molecule has 0 saturated carbocycles. The Balaban J connectivity index is 1.70. The van der Waals surface area contributed by atoms with E-state index in [1.54, 1.807) is 6.20 Å². The summed E-state index contributed by atoms with van der Waals surface area (Å²) in [6, 6.07) is 7.37. The second-order valence-corrected chi connectivity index (χ2v) is 5.87. The second kappa shape index (κ2) is 6.93. The highest BCUT2D eigenvalue weighted by atomic mass is 16.5. The molecule has 1 amide bonds. The molecule has 0 bridgehead atoms. The molecule has 1 fully saturated rings. The van der Waals surface area contributed by atoms with Crippen LogP contribution in [0.5, 0.6) is 0 Å². The zero-order valence-electron chi connectivity index (χ0n) is 14.1. The van der Waals surface area contributed by atoms with Crippen molar-refractivity contribution in [2.24, 2.45) is 0 Å². The van der Waals surface area contributed by atoms with E-state index in [1.165, 1.54) is 6.08 Å². The maximum Gasteiger partial charge on any atom is 0.247 e. The van der Waals surface area contributed by atoms with Gasteiger partial charge in [-0.15, -0.1) is 0 Å². The van der Waals surface area contributed by atoms with Crippen molar-refractivity contribution in [3.63, 3.8) is 0 Å². The highest BCUT2D eigenvalue weighted by Crippen LogP contribution is 2.27. The Morgan fingerprint density at radius 3 is 2.73 bits per heavy atom. The number of nitrogens with one attached hydrogen (secondary N) is 2. The molecule has 3 aromatic rings. The zero-order chi connectivity index (χ0) is 17.9. The predicted octanol–water partition coefficient (Wildman–Crippen LogP) is 1.98. The molecule has 8 heteroatoms. The summed E-state index contributed by atoms with van der Waals surface area (Å²) >= 11 is 0. The summed E-state index contributed by atoms with van der Waals surface area (Å²) in [6.07, 6.45) is 2.98. The molecule has 8 nitrogen and oxygen atoms in total. The Morgan fingerprint density at radius 1 is 1.23 bits per heavy atom. The van der Waals surface area contributed by atoms with Crippen molar-refractivity contribution in [2.75, 3.05) is 36.5 Å². The molecule has 1 aromatic carbocycles. The van der Waals surface area contributed by atoms with Gasteiger partial charge in [-0.05, 0) is 30.3 Å². The third-order valence-electron chi connectivity index (χ3n) is 4.20. The molecule has 0 spiro atoms. The number of anilines is 2. The topological polar surface area (TPSA) is 96.0 Å². The third kappa shape index (κ3) is 3.14. The first kappa shape index (κ1) is 16.2. The quantitative estimate of drug-likeness (QED) is 0.699. The lowest BCUT2D eigenvalue weighted by atomic mass is 10.2. The minimum Gasteiger partial charge on any atom is -0.378 e. The first-order valence-corrected chi connectivity index (χ1v) is 8.32. The summed E-state index contributed by atoms with van der Waals surface area (Å²) in [5.74, 6) is 1.21. The van der Waals surface area contributed by atoms with Gasteiger partial charge >= 0.3 is 0 Å². The maximum atomic E-state index is 11.4. The van der Waals surface area contributed by atoms with Crippen LogP contribution in [0.3, 0.4) is 0 Å². The van der Waals surface area contributed by atoms with E-state index in [4.69, 9.17) is 9.72 Å². The first-order valence-electron chi connectivity index (χ1n) is 8.32. The van der Waals surface area contributed by atoms with Crippen LogP contribution in [0.15, 0.2) is 43.1 Å². The van der Waals surface area contributed by atoms with E-state index in [0.717, 1.165) is 29.9 Å². The van der Waals surface area contributed by atoms with Gasteiger partial charge in [0.25, 0.3) is 0 Å². The van der Waals surface area contributed by atoms with Crippen molar-refractivity contribution in [2.45, 2.75) is 0 Å². The summed E-state index contributed by atoms with van der Waals surface area (Å²) in [6.45, 7) is 6.36. The van der Waals surface area contributed by atoms with Gasteiger partial charge in [0, 0.05) is 24.3 Å². The lowest BCUT2D eigenvalue weighted by Crippen LogP contribution is -2.37. The van der Waals surface area contributed by atoms with Crippen LogP contribution in [-0.2, 0) is 9.53 Å². The number of H-pyrrole nitrogens is 1. The molecule has 0 atom stereocenters. The highest BCUT2D eigenvalue weighted by Gasteiger charge is 2.19. The van der Waals surface area contributed by atoms with Crippen molar-refractivity contribution in [3.8, 4) is 11.4 Å². The molecule has 0 radical (unpaired) electrons. The molecular weight excluding hydrogens is 332 g/mol. The molecule has 4 rings (SSSR count). The standard InChI is InChI=1S/C18H18N6O2/c1-2-15(25)20-13-5-3-12(4-6-13)16-21-17-14(11-19-23-17)18(22-16)24-7-9-26-10-8-24/h2-6,11H,1,7-10H2,(H,20,25)(H,19,21,22,23). The molecule has 2 N–H and O–H groups in total. The lowest BCUT2D eigenvalue weighted by molar-refractivity contribution is -0.111. The Bertz CT molecular complexity index is 944. The number of nitrogens with zero attached hydrogens (tertiary/aromatic N) is 4. The van der Waals surface area contributed by atoms with Crippen LogP contribution in [0.1, 0.15) is 0 Å². The van der Waals surface area contributed by atoms with Crippen LogP contribution in [0, 0.1) is 0 Å². The number of aromatic nitrogens is 4. The van der Waals surface area contributed by atoms with Crippen LogP contribution in [-0.4, -0.2) is 52.4 Å². The summed E-state index contributed by atoms with van der Waals surface area (Å²) < 4.78 is 5.43. The molecule has 1 aliphatic rings. The van der Waals surface area contributed by atoms with Gasteiger partial charge in [0.1, 0.15) is 5.82 Å². The Hall–Kier alpha value is -3.26. The average molecular weight is 350 g/mol. The summed E-state index contributed by atoms with van der Waals surface area (Å²) in [4.78, 5) is 22.9. The fourth-order valence-electron chi connectivity index (χ4n) is 2.86. The molecule has 132 valence electrons. The predicted molar refractivity (Wildman–Crippen MR) is 99.0 cm³/mol. The average Bonchev–Trinajstić information content (AvgIpc) is 3.17. The van der Waals surface area contributed by atoms with E-state index in [1.807, 2.05) is 24.3 Å². The largest absolute Gasteiger partial charge is 0.378 e. The van der Waals surface area contributed by atoms with Gasteiger partial charge < -0.3 is 15.0 Å². The van der Waals surface area contributed by atoms with E-state index < -0.39 is 0 Å². The van der Waals surface area contributed by atoms with Crippen molar-refractivity contribution >= 4 is 28.4 Å². The Kier molecular flexibility index (Phi) is 4.32. The molecule has 1 saturated heterocycles. The number of fused-ring (bicyclic) bond motifs is 1. The van der Waals surface area contributed by atoms with Crippen LogP contribution >= 0.6 is 0 Å². The van der Waals surface area contributed by atoms with Gasteiger partial charge in [-0.1, -0.05) is 6.58 Å². The van der Waals surface area contributed by atoms with Crippen molar-refractivity contribution in [1.82, 2.24) is 20.2 Å². The molecule has 3 heterocycles. The number of amides is 1. The third-order valence-corrected chi connectivity index (χ3v) is 4.20. The normalized spacial score (nSPS) is 14.4. The van der Waals surface area contributed by atoms with Gasteiger partial charge in [-0.2, -0.15) is 5.10 Å².